The van der Waals surface area contributed by atoms with E-state index in [-0.39, 0.29) is 11.7 Å². The fraction of sp³-hybridized carbons (Fsp3) is 0.412. The number of hydrogen-bond acceptors (Lipinski definition) is 5. The Bertz CT molecular complexity index is 667. The largest absolute Gasteiger partial charge is 0.468 e. The van der Waals surface area contributed by atoms with Crippen molar-refractivity contribution < 1.29 is 14.4 Å². The van der Waals surface area contributed by atoms with Gasteiger partial charge in [0.2, 0.25) is 0 Å². The van der Waals surface area contributed by atoms with Gasteiger partial charge in [-0.1, -0.05) is 12.1 Å². The van der Waals surface area contributed by atoms with Gasteiger partial charge in [0.05, 0.1) is 23.3 Å². The van der Waals surface area contributed by atoms with Crippen molar-refractivity contribution in [2.24, 2.45) is 0 Å². The van der Waals surface area contributed by atoms with Gasteiger partial charge in [-0.2, -0.15) is 0 Å². The first-order valence-electron chi connectivity index (χ1n) is 7.78. The van der Waals surface area contributed by atoms with E-state index in [1.54, 1.807) is 18.4 Å². The summed E-state index contributed by atoms with van der Waals surface area (Å²) in [5.74, 6) is 0.864. The van der Waals surface area contributed by atoms with Gasteiger partial charge in [-0.25, -0.2) is 0 Å². The molecule has 0 saturated heterocycles. The molecule has 1 heterocycles. The third kappa shape index (κ3) is 3.60. The third-order valence-corrected chi connectivity index (χ3v) is 4.32. The molecular weight excluding hydrogens is 296 g/mol. The van der Waals surface area contributed by atoms with Crippen LogP contribution in [0, 0.1) is 10.1 Å². The summed E-state index contributed by atoms with van der Waals surface area (Å²) in [6, 6.07) is 10.5. The zero-order valence-electron chi connectivity index (χ0n) is 13.0. The van der Waals surface area contributed by atoms with Crippen LogP contribution in [0.15, 0.2) is 47.1 Å². The van der Waals surface area contributed by atoms with Gasteiger partial charge >= 0.3 is 0 Å². The molecule has 1 aromatic heterocycles. The lowest BCUT2D eigenvalue weighted by atomic mass is 10.1. The first-order valence-corrected chi connectivity index (χ1v) is 7.78. The minimum atomic E-state index is -0.770. The second-order valence-corrected chi connectivity index (χ2v) is 5.99. The maximum absolute atomic E-state index is 10.9. The van der Waals surface area contributed by atoms with Gasteiger partial charge in [-0.05, 0) is 37.5 Å². The van der Waals surface area contributed by atoms with Crippen LogP contribution in [-0.4, -0.2) is 27.5 Å². The van der Waals surface area contributed by atoms with E-state index in [2.05, 4.69) is 11.8 Å². The average molecular weight is 316 g/mol. The molecule has 2 atom stereocenters. The third-order valence-electron chi connectivity index (χ3n) is 4.32. The molecule has 0 radical (unpaired) electrons. The molecule has 1 aliphatic carbocycles. The second kappa shape index (κ2) is 6.52. The first-order chi connectivity index (χ1) is 11.1. The predicted octanol–water partition coefficient (Wildman–Crippen LogP) is 3.45. The van der Waals surface area contributed by atoms with Gasteiger partial charge in [0.15, 0.2) is 0 Å². The zero-order valence-corrected chi connectivity index (χ0v) is 13.0. The van der Waals surface area contributed by atoms with Gasteiger partial charge < -0.3 is 9.52 Å². The summed E-state index contributed by atoms with van der Waals surface area (Å²) in [6.45, 7) is 2.48. The Hall–Kier alpha value is -2.18. The Morgan fingerprint density at radius 2 is 2.17 bits per heavy atom. The smallest absolute Gasteiger partial charge is 0.269 e. The number of nitro benzene ring substituents is 1. The van der Waals surface area contributed by atoms with Crippen LogP contribution in [0.2, 0.25) is 0 Å². The summed E-state index contributed by atoms with van der Waals surface area (Å²) in [5, 5.41) is 21.4. The average Bonchev–Trinajstić information content (AvgIpc) is 3.25. The predicted molar refractivity (Wildman–Crippen MR) is 84.9 cm³/mol. The van der Waals surface area contributed by atoms with Crippen molar-refractivity contribution in [3.05, 3.63) is 64.1 Å². The standard InChI is InChI=1S/C17H20N2O4/c1-12(17-6-3-9-23-17)18(14-7-8-14)11-16(20)13-4-2-5-15(10-13)19(21)22/h2-6,9-10,12,14,16,20H,7-8,11H2,1H3. The fourth-order valence-electron chi connectivity index (χ4n) is 2.87. The minimum Gasteiger partial charge on any atom is -0.468 e. The normalized spacial score (nSPS) is 17.2. The van der Waals surface area contributed by atoms with E-state index in [0.29, 0.717) is 18.2 Å². The molecule has 1 aromatic carbocycles. The van der Waals surface area contributed by atoms with E-state index >= 15 is 0 Å². The van der Waals surface area contributed by atoms with E-state index in [0.717, 1.165) is 18.6 Å². The highest BCUT2D eigenvalue weighted by Gasteiger charge is 2.35. The number of hydrogen-bond donors (Lipinski definition) is 1. The summed E-state index contributed by atoms with van der Waals surface area (Å²) >= 11 is 0. The topological polar surface area (TPSA) is 79.8 Å². The van der Waals surface area contributed by atoms with Crippen molar-refractivity contribution in [3.8, 4) is 0 Å². The quantitative estimate of drug-likeness (QED) is 0.625. The number of nitrogens with zero attached hydrogens (tertiary/aromatic N) is 2. The van der Waals surface area contributed by atoms with Crippen LogP contribution in [0.1, 0.15) is 43.2 Å². The van der Waals surface area contributed by atoms with Crippen LogP contribution < -0.4 is 0 Å². The summed E-state index contributed by atoms with van der Waals surface area (Å²) in [7, 11) is 0. The monoisotopic (exact) mass is 316 g/mol. The van der Waals surface area contributed by atoms with Crippen molar-refractivity contribution in [1.82, 2.24) is 4.90 Å². The Labute approximate surface area is 134 Å². The van der Waals surface area contributed by atoms with Crippen molar-refractivity contribution >= 4 is 5.69 Å². The molecule has 0 amide bonds. The molecule has 23 heavy (non-hydrogen) atoms. The number of benzene rings is 1. The van der Waals surface area contributed by atoms with E-state index in [1.807, 2.05) is 12.1 Å². The molecule has 1 aliphatic rings. The highest BCUT2D eigenvalue weighted by atomic mass is 16.6. The van der Waals surface area contributed by atoms with Crippen molar-refractivity contribution in [3.63, 3.8) is 0 Å². The SMILES string of the molecule is CC(c1ccco1)N(CC(O)c1cccc([N+](=O)[O-])c1)C1CC1. The number of aliphatic hydroxyl groups is 1. The molecule has 1 N–H and O–H groups in total. The summed E-state index contributed by atoms with van der Waals surface area (Å²) in [4.78, 5) is 12.6. The molecule has 0 bridgehead atoms. The summed E-state index contributed by atoms with van der Waals surface area (Å²) < 4.78 is 5.48. The van der Waals surface area contributed by atoms with Gasteiger partial charge in [0.25, 0.3) is 5.69 Å². The van der Waals surface area contributed by atoms with Crippen LogP contribution in [0.5, 0.6) is 0 Å². The molecule has 6 heteroatoms. The highest BCUT2D eigenvalue weighted by molar-refractivity contribution is 5.35. The Balaban J connectivity index is 1.75. The minimum absolute atomic E-state index is 0.00129. The molecule has 122 valence electrons. The van der Waals surface area contributed by atoms with Gasteiger partial charge in [0.1, 0.15) is 5.76 Å². The van der Waals surface area contributed by atoms with Crippen LogP contribution >= 0.6 is 0 Å². The molecule has 3 rings (SSSR count). The lowest BCUT2D eigenvalue weighted by Crippen LogP contribution is -2.33. The fourth-order valence-corrected chi connectivity index (χ4v) is 2.87. The van der Waals surface area contributed by atoms with Crippen molar-refractivity contribution in [2.45, 2.75) is 38.0 Å². The number of nitro groups is 1. The molecule has 0 spiro atoms. The summed E-state index contributed by atoms with van der Waals surface area (Å²) in [5.41, 5.74) is 0.565. The van der Waals surface area contributed by atoms with Crippen LogP contribution in [0.4, 0.5) is 5.69 Å². The molecule has 2 aromatic rings. The second-order valence-electron chi connectivity index (χ2n) is 5.99. The van der Waals surface area contributed by atoms with Gasteiger partial charge in [-0.15, -0.1) is 0 Å². The molecule has 0 aliphatic heterocycles. The lowest BCUT2D eigenvalue weighted by Gasteiger charge is -2.30. The van der Waals surface area contributed by atoms with Crippen LogP contribution in [-0.2, 0) is 0 Å². The van der Waals surface area contributed by atoms with E-state index in [4.69, 9.17) is 4.42 Å². The van der Waals surface area contributed by atoms with Crippen LogP contribution in [0.25, 0.3) is 0 Å². The Morgan fingerprint density at radius 1 is 1.39 bits per heavy atom. The van der Waals surface area contributed by atoms with E-state index in [1.165, 1.54) is 12.1 Å². The molecule has 1 saturated carbocycles. The number of furan rings is 1. The van der Waals surface area contributed by atoms with Gasteiger partial charge in [0, 0.05) is 24.7 Å². The maximum atomic E-state index is 10.9. The first kappa shape index (κ1) is 15.7. The number of non-ortho nitro benzene ring substituents is 1. The van der Waals surface area contributed by atoms with Crippen molar-refractivity contribution in [2.75, 3.05) is 6.54 Å². The maximum Gasteiger partial charge on any atom is 0.269 e. The Kier molecular flexibility index (Phi) is 4.45. The summed E-state index contributed by atoms with van der Waals surface area (Å²) in [6.07, 6.45) is 3.08. The molecule has 1 fully saturated rings. The number of aliphatic hydroxyl groups excluding tert-OH is 1. The molecular formula is C17H20N2O4. The number of rotatable bonds is 7. The molecule has 6 nitrogen and oxygen atoms in total. The zero-order chi connectivity index (χ0) is 16.4. The highest BCUT2D eigenvalue weighted by Crippen LogP contribution is 2.36. The van der Waals surface area contributed by atoms with Crippen LogP contribution in [0.3, 0.4) is 0 Å². The van der Waals surface area contributed by atoms with E-state index < -0.39 is 11.0 Å². The lowest BCUT2D eigenvalue weighted by molar-refractivity contribution is -0.385. The van der Waals surface area contributed by atoms with E-state index in [9.17, 15) is 15.2 Å². The van der Waals surface area contributed by atoms with Crippen molar-refractivity contribution in [1.29, 1.82) is 0 Å². The Morgan fingerprint density at radius 3 is 2.78 bits per heavy atom. The van der Waals surface area contributed by atoms with Gasteiger partial charge in [-0.3, -0.25) is 15.0 Å². The molecule has 2 unspecified atom stereocenters.